The summed E-state index contributed by atoms with van der Waals surface area (Å²) in [5.74, 6) is -1.57. The largest absolute Gasteiger partial charge is 0.296 e. The molecule has 0 aromatic heterocycles. The van der Waals surface area contributed by atoms with Gasteiger partial charge in [-0.2, -0.15) is 4.31 Å². The van der Waals surface area contributed by atoms with Gasteiger partial charge in [-0.3, -0.25) is 14.9 Å². The van der Waals surface area contributed by atoms with Gasteiger partial charge >= 0.3 is 0 Å². The van der Waals surface area contributed by atoms with Crippen LogP contribution in [0.2, 0.25) is 0 Å². The third kappa shape index (κ3) is 3.70. The number of nitrogens with zero attached hydrogens (tertiary/aromatic N) is 1. The number of benzene rings is 2. The summed E-state index contributed by atoms with van der Waals surface area (Å²) in [7, 11) is -3.56. The fourth-order valence-electron chi connectivity index (χ4n) is 3.69. The van der Waals surface area contributed by atoms with Gasteiger partial charge < -0.3 is 0 Å². The Bertz CT molecular complexity index is 1050. The summed E-state index contributed by atoms with van der Waals surface area (Å²) in [5.41, 5.74) is 3.09. The number of piperidine rings is 1. The van der Waals surface area contributed by atoms with E-state index in [0.29, 0.717) is 18.4 Å². The Morgan fingerprint density at radius 2 is 1.75 bits per heavy atom. The molecule has 2 aliphatic rings. The van der Waals surface area contributed by atoms with Crippen LogP contribution >= 0.6 is 0 Å². The van der Waals surface area contributed by atoms with Crippen molar-refractivity contribution in [2.75, 3.05) is 0 Å². The Kier molecular flexibility index (Phi) is 4.76. The first-order valence-electron chi connectivity index (χ1n) is 8.99. The molecule has 0 aliphatic carbocycles. The van der Waals surface area contributed by atoms with Gasteiger partial charge in [0.25, 0.3) is 0 Å². The highest BCUT2D eigenvalue weighted by molar-refractivity contribution is 7.88. The number of carbonyl (C=O) groups is 2. The van der Waals surface area contributed by atoms with Crippen LogP contribution in [0.3, 0.4) is 0 Å². The maximum absolute atomic E-state index is 13.0. The molecule has 0 saturated carbocycles. The summed E-state index contributed by atoms with van der Waals surface area (Å²) >= 11 is 0. The number of hydrogen-bond donors (Lipinski definition) is 1. The quantitative estimate of drug-likeness (QED) is 0.795. The van der Waals surface area contributed by atoms with Crippen molar-refractivity contribution in [3.63, 3.8) is 0 Å². The van der Waals surface area contributed by atoms with Crippen molar-refractivity contribution in [3.05, 3.63) is 70.5 Å². The van der Waals surface area contributed by atoms with Crippen molar-refractivity contribution in [2.45, 2.75) is 37.6 Å². The van der Waals surface area contributed by atoms with E-state index in [1.54, 1.807) is 0 Å². The van der Waals surface area contributed by atoms with E-state index < -0.39 is 21.8 Å². The third-order valence-electron chi connectivity index (χ3n) is 5.22. The molecule has 146 valence electrons. The number of halogens is 1. The summed E-state index contributed by atoms with van der Waals surface area (Å²) in [4.78, 5) is 23.4. The van der Waals surface area contributed by atoms with Crippen LogP contribution in [0.5, 0.6) is 0 Å². The zero-order valence-corrected chi connectivity index (χ0v) is 15.8. The van der Waals surface area contributed by atoms with Crippen LogP contribution in [0.25, 0.3) is 0 Å². The van der Waals surface area contributed by atoms with Crippen molar-refractivity contribution >= 4 is 21.8 Å². The van der Waals surface area contributed by atoms with Gasteiger partial charge in [-0.05, 0) is 40.8 Å². The molecule has 0 spiro atoms. The van der Waals surface area contributed by atoms with Gasteiger partial charge in [-0.15, -0.1) is 0 Å². The van der Waals surface area contributed by atoms with Crippen LogP contribution < -0.4 is 5.32 Å². The predicted octanol–water partition coefficient (Wildman–Crippen LogP) is 2.19. The van der Waals surface area contributed by atoms with E-state index in [-0.39, 0.29) is 30.7 Å². The second-order valence-corrected chi connectivity index (χ2v) is 9.15. The normalized spacial score (nSPS) is 20.1. The van der Waals surface area contributed by atoms with Gasteiger partial charge in [0.1, 0.15) is 5.82 Å². The Balaban J connectivity index is 1.51. The van der Waals surface area contributed by atoms with Crippen molar-refractivity contribution in [2.24, 2.45) is 0 Å². The molecule has 2 amide bonds. The van der Waals surface area contributed by atoms with Gasteiger partial charge in [-0.1, -0.05) is 30.3 Å². The second kappa shape index (κ2) is 7.10. The fourth-order valence-corrected chi connectivity index (χ4v) is 5.16. The molecule has 28 heavy (non-hydrogen) atoms. The molecule has 8 heteroatoms. The zero-order valence-electron chi connectivity index (χ0n) is 15.0. The maximum Gasteiger partial charge on any atom is 0.234 e. The van der Waals surface area contributed by atoms with E-state index in [0.717, 1.165) is 16.7 Å². The molecular weight excluding hydrogens is 383 g/mol. The lowest BCUT2D eigenvalue weighted by atomic mass is 9.89. The molecule has 1 N–H and O–H groups in total. The van der Waals surface area contributed by atoms with Crippen LogP contribution in [0.15, 0.2) is 42.5 Å². The minimum atomic E-state index is -3.56. The van der Waals surface area contributed by atoms with Crippen LogP contribution in [0.4, 0.5) is 4.39 Å². The number of amides is 2. The average molecular weight is 402 g/mol. The third-order valence-corrected chi connectivity index (χ3v) is 6.96. The lowest BCUT2D eigenvalue weighted by Crippen LogP contribution is -2.39. The summed E-state index contributed by atoms with van der Waals surface area (Å²) in [6.07, 6.45) is 0.752. The van der Waals surface area contributed by atoms with E-state index in [9.17, 15) is 22.4 Å². The number of hydrogen-bond acceptors (Lipinski definition) is 4. The monoisotopic (exact) mass is 402 g/mol. The molecule has 1 atom stereocenters. The number of imide groups is 1. The molecule has 0 radical (unpaired) electrons. The molecule has 2 aliphatic heterocycles. The zero-order chi connectivity index (χ0) is 19.9. The predicted molar refractivity (Wildman–Crippen MR) is 99.8 cm³/mol. The summed E-state index contributed by atoms with van der Waals surface area (Å²) in [5, 5.41) is 2.35. The Labute approximate surface area is 162 Å². The molecule has 2 heterocycles. The van der Waals surface area contributed by atoms with Gasteiger partial charge in [0.15, 0.2) is 0 Å². The number of nitrogens with one attached hydrogen (secondary N) is 1. The van der Waals surface area contributed by atoms with Crippen LogP contribution in [-0.2, 0) is 38.5 Å². The first-order chi connectivity index (χ1) is 13.3. The lowest BCUT2D eigenvalue weighted by Gasteiger charge is -2.21. The van der Waals surface area contributed by atoms with Gasteiger partial charge in [0, 0.05) is 19.5 Å². The van der Waals surface area contributed by atoms with E-state index in [4.69, 9.17) is 0 Å². The smallest absolute Gasteiger partial charge is 0.234 e. The topological polar surface area (TPSA) is 83.6 Å². The number of rotatable bonds is 4. The van der Waals surface area contributed by atoms with Crippen molar-refractivity contribution in [3.8, 4) is 0 Å². The Hall–Kier alpha value is -2.58. The van der Waals surface area contributed by atoms with Crippen LogP contribution in [-0.4, -0.2) is 24.5 Å². The molecule has 0 bridgehead atoms. The number of sulfonamides is 1. The first-order valence-corrected chi connectivity index (χ1v) is 10.6. The average Bonchev–Trinajstić information content (AvgIpc) is 3.08. The minimum Gasteiger partial charge on any atom is -0.296 e. The van der Waals surface area contributed by atoms with E-state index >= 15 is 0 Å². The summed E-state index contributed by atoms with van der Waals surface area (Å²) in [6, 6.07) is 11.0. The molecule has 1 saturated heterocycles. The molecule has 2 aromatic rings. The maximum atomic E-state index is 13.0. The molecule has 4 rings (SSSR count). The first kappa shape index (κ1) is 18.8. The molecule has 1 unspecified atom stereocenters. The van der Waals surface area contributed by atoms with E-state index in [2.05, 4.69) is 5.32 Å². The highest BCUT2D eigenvalue weighted by Crippen LogP contribution is 2.32. The fraction of sp³-hybridized carbons (Fsp3) is 0.300. The van der Waals surface area contributed by atoms with E-state index in [1.165, 1.54) is 28.6 Å². The van der Waals surface area contributed by atoms with Gasteiger partial charge in [0.2, 0.25) is 21.8 Å². The minimum absolute atomic E-state index is 0.193. The van der Waals surface area contributed by atoms with Crippen LogP contribution in [0.1, 0.15) is 41.0 Å². The van der Waals surface area contributed by atoms with Gasteiger partial charge in [0.05, 0.1) is 11.7 Å². The second-order valence-electron chi connectivity index (χ2n) is 7.18. The SMILES string of the molecule is O=C1CCC(c2ccc3c(c2)CN(S(=O)(=O)Cc2ccc(F)cc2)C3)C(=O)N1. The van der Waals surface area contributed by atoms with Crippen molar-refractivity contribution < 1.29 is 22.4 Å². The van der Waals surface area contributed by atoms with Crippen molar-refractivity contribution in [1.82, 2.24) is 9.62 Å². The number of carbonyl (C=O) groups excluding carboxylic acids is 2. The summed E-state index contributed by atoms with van der Waals surface area (Å²) in [6.45, 7) is 0.508. The molecule has 6 nitrogen and oxygen atoms in total. The Morgan fingerprint density at radius 1 is 1.04 bits per heavy atom. The highest BCUT2D eigenvalue weighted by Gasteiger charge is 2.32. The highest BCUT2D eigenvalue weighted by atomic mass is 32.2. The Morgan fingerprint density at radius 3 is 2.46 bits per heavy atom. The molecule has 2 aromatic carbocycles. The van der Waals surface area contributed by atoms with Crippen molar-refractivity contribution in [1.29, 1.82) is 0 Å². The lowest BCUT2D eigenvalue weighted by molar-refractivity contribution is -0.134. The number of fused-ring (bicyclic) bond motifs is 1. The molecule has 1 fully saturated rings. The van der Waals surface area contributed by atoms with E-state index in [1.807, 2.05) is 18.2 Å². The van der Waals surface area contributed by atoms with Crippen LogP contribution in [0, 0.1) is 5.82 Å². The van der Waals surface area contributed by atoms with Gasteiger partial charge in [-0.25, -0.2) is 12.8 Å². The summed E-state index contributed by atoms with van der Waals surface area (Å²) < 4.78 is 40.0. The standard InChI is InChI=1S/C20H19FN2O4S/c21-17-5-1-13(2-6-17)12-28(26,27)23-10-15-4-3-14(9-16(15)11-23)18-7-8-19(24)22-20(18)25/h1-6,9,18H,7-8,10-12H2,(H,22,24,25). The molecular formula is C20H19FN2O4S.